The second kappa shape index (κ2) is 11.1. The summed E-state index contributed by atoms with van der Waals surface area (Å²) in [5.41, 5.74) is 3.57. The number of morpholine rings is 1. The quantitative estimate of drug-likeness (QED) is 0.340. The minimum atomic E-state index is -0.474. The molecule has 1 atom stereocenters. The number of hydrogen-bond donors (Lipinski definition) is 0. The first-order valence-corrected chi connectivity index (χ1v) is 10.9. The molecule has 0 spiro atoms. The lowest BCUT2D eigenvalue weighted by molar-refractivity contribution is -0.145. The molecule has 0 radical (unpaired) electrons. The van der Waals surface area contributed by atoms with Crippen molar-refractivity contribution < 1.29 is 19.1 Å². The van der Waals surface area contributed by atoms with Gasteiger partial charge in [-0.15, -0.1) is 0 Å². The Balaban J connectivity index is 1.94. The van der Waals surface area contributed by atoms with Crippen molar-refractivity contribution in [3.8, 4) is 0 Å². The lowest BCUT2D eigenvalue weighted by Gasteiger charge is -2.38. The average molecular weight is 440 g/mol. The van der Waals surface area contributed by atoms with Gasteiger partial charge in [-0.1, -0.05) is 47.6 Å². The van der Waals surface area contributed by atoms with E-state index in [0.717, 1.165) is 49.7 Å². The summed E-state index contributed by atoms with van der Waals surface area (Å²) in [6.45, 7) is 5.14. The standard InChI is InChI=1S/C25H33N3O4/c1-25(27(2)3,18-20-8-6-5-7-9-20)24(26-32-19-23(29)30-4)21-10-12-22(13-11-21)28-14-16-31-17-15-28/h5-13H,14-19H2,1-4H3. The molecule has 0 N–H and O–H groups in total. The van der Waals surface area contributed by atoms with E-state index in [1.54, 1.807) is 0 Å². The molecule has 2 aromatic carbocycles. The van der Waals surface area contributed by atoms with Crippen LogP contribution in [0.2, 0.25) is 0 Å². The fourth-order valence-electron chi connectivity index (χ4n) is 3.77. The van der Waals surface area contributed by atoms with E-state index in [9.17, 15) is 4.79 Å². The van der Waals surface area contributed by atoms with Gasteiger partial charge in [-0.2, -0.15) is 0 Å². The van der Waals surface area contributed by atoms with E-state index in [2.05, 4.69) is 58.3 Å². The van der Waals surface area contributed by atoms with Gasteiger partial charge in [0.25, 0.3) is 0 Å². The van der Waals surface area contributed by atoms with Crippen LogP contribution in [0.1, 0.15) is 18.1 Å². The highest BCUT2D eigenvalue weighted by atomic mass is 16.6. The van der Waals surface area contributed by atoms with Crippen LogP contribution in [-0.4, -0.2) is 76.2 Å². The second-order valence-corrected chi connectivity index (χ2v) is 8.27. The molecule has 7 nitrogen and oxygen atoms in total. The SMILES string of the molecule is COC(=O)CON=C(c1ccc(N2CCOCC2)cc1)C(C)(Cc1ccccc1)N(C)C. The molecule has 0 amide bonds. The summed E-state index contributed by atoms with van der Waals surface area (Å²) in [4.78, 5) is 21.5. The maximum Gasteiger partial charge on any atom is 0.346 e. The van der Waals surface area contributed by atoms with Crippen LogP contribution in [0, 0.1) is 0 Å². The van der Waals surface area contributed by atoms with Crippen molar-refractivity contribution >= 4 is 17.4 Å². The number of carbonyl (C=O) groups is 1. The first-order chi connectivity index (χ1) is 15.4. The Kier molecular flexibility index (Phi) is 8.25. The van der Waals surface area contributed by atoms with Crippen molar-refractivity contribution in [3.63, 3.8) is 0 Å². The summed E-state index contributed by atoms with van der Waals surface area (Å²) in [5, 5.41) is 4.45. The molecule has 1 unspecified atom stereocenters. The van der Waals surface area contributed by atoms with Gasteiger partial charge < -0.3 is 19.2 Å². The lowest BCUT2D eigenvalue weighted by atomic mass is 9.83. The van der Waals surface area contributed by atoms with Crippen LogP contribution < -0.4 is 4.90 Å². The van der Waals surface area contributed by atoms with Crippen LogP contribution >= 0.6 is 0 Å². The zero-order valence-corrected chi connectivity index (χ0v) is 19.4. The Morgan fingerprint density at radius 2 is 1.75 bits per heavy atom. The van der Waals surface area contributed by atoms with Crippen LogP contribution in [-0.2, 0) is 25.5 Å². The molecule has 1 fully saturated rings. The van der Waals surface area contributed by atoms with Crippen LogP contribution in [0.5, 0.6) is 0 Å². The molecule has 0 aromatic heterocycles. The number of nitrogens with zero attached hydrogens (tertiary/aromatic N) is 3. The van der Waals surface area contributed by atoms with Gasteiger partial charge in [0.15, 0.2) is 0 Å². The Morgan fingerprint density at radius 1 is 1.09 bits per heavy atom. The minimum Gasteiger partial charge on any atom is -0.466 e. The van der Waals surface area contributed by atoms with Gasteiger partial charge in [-0.05, 0) is 45.1 Å². The largest absolute Gasteiger partial charge is 0.466 e. The van der Waals surface area contributed by atoms with Gasteiger partial charge in [0.2, 0.25) is 6.61 Å². The summed E-state index contributed by atoms with van der Waals surface area (Å²) in [7, 11) is 5.39. The van der Waals surface area contributed by atoms with Gasteiger partial charge in [-0.3, -0.25) is 4.90 Å². The zero-order valence-electron chi connectivity index (χ0n) is 19.4. The highest BCUT2D eigenvalue weighted by molar-refractivity contribution is 6.07. The van der Waals surface area contributed by atoms with Crippen LogP contribution in [0.15, 0.2) is 59.8 Å². The summed E-state index contributed by atoms with van der Waals surface area (Å²) in [5.74, 6) is -0.467. The molecule has 1 aliphatic rings. The summed E-state index contributed by atoms with van der Waals surface area (Å²) in [6, 6.07) is 18.6. The molecule has 7 heteroatoms. The van der Waals surface area contributed by atoms with Crippen LogP contribution in [0.4, 0.5) is 5.69 Å². The molecule has 0 saturated carbocycles. The Bertz CT molecular complexity index is 893. The smallest absolute Gasteiger partial charge is 0.346 e. The van der Waals surface area contributed by atoms with E-state index < -0.39 is 11.5 Å². The fourth-order valence-corrected chi connectivity index (χ4v) is 3.77. The number of esters is 1. The van der Waals surface area contributed by atoms with Crippen molar-refractivity contribution in [1.82, 2.24) is 4.90 Å². The van der Waals surface area contributed by atoms with Crippen molar-refractivity contribution in [3.05, 3.63) is 65.7 Å². The molecule has 172 valence electrons. The molecular formula is C25H33N3O4. The third-order valence-corrected chi connectivity index (χ3v) is 5.97. The predicted molar refractivity (Wildman–Crippen MR) is 126 cm³/mol. The lowest BCUT2D eigenvalue weighted by Crippen LogP contribution is -2.51. The van der Waals surface area contributed by atoms with Crippen LogP contribution in [0.3, 0.4) is 0 Å². The van der Waals surface area contributed by atoms with E-state index >= 15 is 0 Å². The molecule has 1 heterocycles. The first-order valence-electron chi connectivity index (χ1n) is 10.9. The van der Waals surface area contributed by atoms with E-state index in [1.807, 2.05) is 32.3 Å². The highest BCUT2D eigenvalue weighted by Gasteiger charge is 2.35. The van der Waals surface area contributed by atoms with E-state index in [0.29, 0.717) is 0 Å². The van der Waals surface area contributed by atoms with Gasteiger partial charge in [0.05, 0.1) is 25.9 Å². The highest BCUT2D eigenvalue weighted by Crippen LogP contribution is 2.27. The topological polar surface area (TPSA) is 63.6 Å². The third kappa shape index (κ3) is 5.87. The number of benzene rings is 2. The number of rotatable bonds is 9. The Morgan fingerprint density at radius 3 is 2.34 bits per heavy atom. The van der Waals surface area contributed by atoms with Gasteiger partial charge in [-0.25, -0.2) is 4.79 Å². The number of ether oxygens (including phenoxy) is 2. The van der Waals surface area contributed by atoms with E-state index in [1.165, 1.54) is 12.7 Å². The molecule has 1 aliphatic heterocycles. The monoisotopic (exact) mass is 439 g/mol. The molecule has 1 saturated heterocycles. The van der Waals surface area contributed by atoms with Gasteiger partial charge >= 0.3 is 5.97 Å². The molecule has 3 rings (SSSR count). The number of carbonyl (C=O) groups excluding carboxylic acids is 1. The molecule has 0 bridgehead atoms. The first kappa shape index (κ1) is 23.8. The molecule has 32 heavy (non-hydrogen) atoms. The number of likely N-dealkylation sites (N-methyl/N-ethyl adjacent to an activating group) is 1. The van der Waals surface area contributed by atoms with Crippen molar-refractivity contribution in [2.45, 2.75) is 18.9 Å². The Hall–Kier alpha value is -2.90. The number of anilines is 1. The normalized spacial score (nSPS) is 16.5. The molecule has 2 aromatic rings. The summed E-state index contributed by atoms with van der Waals surface area (Å²) in [6.07, 6.45) is 0.729. The molecule has 0 aliphatic carbocycles. The summed E-state index contributed by atoms with van der Waals surface area (Å²) >= 11 is 0. The second-order valence-electron chi connectivity index (χ2n) is 8.27. The number of hydrogen-bond acceptors (Lipinski definition) is 7. The Labute approximate surface area is 190 Å². The summed E-state index contributed by atoms with van der Waals surface area (Å²) < 4.78 is 10.2. The maximum absolute atomic E-state index is 11.6. The zero-order chi connectivity index (χ0) is 23.0. The van der Waals surface area contributed by atoms with Gasteiger partial charge in [0, 0.05) is 24.3 Å². The molecular weight excluding hydrogens is 406 g/mol. The minimum absolute atomic E-state index is 0.235. The van der Waals surface area contributed by atoms with E-state index in [4.69, 9.17) is 14.3 Å². The van der Waals surface area contributed by atoms with Crippen molar-refractivity contribution in [2.75, 3.05) is 59.0 Å². The maximum atomic E-state index is 11.6. The van der Waals surface area contributed by atoms with Crippen LogP contribution in [0.25, 0.3) is 0 Å². The number of oxime groups is 1. The van der Waals surface area contributed by atoms with Crippen molar-refractivity contribution in [2.24, 2.45) is 5.16 Å². The number of methoxy groups -OCH3 is 1. The predicted octanol–water partition coefficient (Wildman–Crippen LogP) is 2.98. The fraction of sp³-hybridized carbons (Fsp3) is 0.440. The van der Waals surface area contributed by atoms with Gasteiger partial charge in [0.1, 0.15) is 5.71 Å². The van der Waals surface area contributed by atoms with E-state index in [-0.39, 0.29) is 6.61 Å². The third-order valence-electron chi connectivity index (χ3n) is 5.97. The van der Waals surface area contributed by atoms with Crippen molar-refractivity contribution in [1.29, 1.82) is 0 Å². The average Bonchev–Trinajstić information content (AvgIpc) is 2.83.